The fourth-order valence-corrected chi connectivity index (χ4v) is 2.57. The van der Waals surface area contributed by atoms with Crippen LogP contribution >= 0.6 is 11.3 Å². The van der Waals surface area contributed by atoms with Gasteiger partial charge in [0.2, 0.25) is 0 Å². The quantitative estimate of drug-likeness (QED) is 0.914. The number of alkyl halides is 3. The minimum absolute atomic E-state index is 0.0196. The molecular weight excluding hydrogens is 287 g/mol. The molecule has 0 fully saturated rings. The van der Waals surface area contributed by atoms with E-state index in [9.17, 15) is 13.2 Å². The topological polar surface area (TPSA) is 51.8 Å². The Balaban J connectivity index is 2.51. The average molecular weight is 301 g/mol. The lowest BCUT2D eigenvalue weighted by molar-refractivity contribution is -0.181. The summed E-state index contributed by atoms with van der Waals surface area (Å²) in [5, 5.41) is 0.394. The number of halogens is 3. The Hall–Kier alpha value is -1.63. The van der Waals surface area contributed by atoms with Crippen molar-refractivity contribution < 1.29 is 13.2 Å². The fourth-order valence-electron chi connectivity index (χ4n) is 1.74. The van der Waals surface area contributed by atoms with Crippen LogP contribution in [0, 0.1) is 6.92 Å². The standard InChI is InChI=1S/C13H14F3N3S/c1-7-10(20-11(17)19-7)8-4-5-18-9(6-8)12(2,3)13(14,15)16/h4-6H,1-3H3,(H2,17,19). The van der Waals surface area contributed by atoms with E-state index in [-0.39, 0.29) is 5.69 Å². The van der Waals surface area contributed by atoms with Crippen LogP contribution in [-0.4, -0.2) is 16.1 Å². The maximum Gasteiger partial charge on any atom is 0.399 e. The largest absolute Gasteiger partial charge is 0.399 e. The summed E-state index contributed by atoms with van der Waals surface area (Å²) in [6, 6.07) is 3.11. The third-order valence-corrected chi connectivity index (χ3v) is 4.22. The molecule has 2 N–H and O–H groups in total. The molecule has 0 unspecified atom stereocenters. The Kier molecular flexibility index (Phi) is 3.49. The van der Waals surface area contributed by atoms with Crippen molar-refractivity contribution in [3.8, 4) is 10.4 Å². The third-order valence-electron chi connectivity index (χ3n) is 3.18. The van der Waals surface area contributed by atoms with Crippen molar-refractivity contribution in [2.45, 2.75) is 32.4 Å². The highest BCUT2D eigenvalue weighted by atomic mass is 32.1. The van der Waals surface area contributed by atoms with Crippen LogP contribution in [-0.2, 0) is 5.41 Å². The Bertz CT molecular complexity index is 632. The first-order valence-corrected chi connectivity index (χ1v) is 6.71. The lowest BCUT2D eigenvalue weighted by Crippen LogP contribution is -2.37. The van der Waals surface area contributed by atoms with Crippen LogP contribution in [0.1, 0.15) is 25.2 Å². The molecule has 108 valence electrons. The average Bonchev–Trinajstić information content (AvgIpc) is 2.67. The number of anilines is 1. The van der Waals surface area contributed by atoms with Gasteiger partial charge in [0.1, 0.15) is 5.41 Å². The number of hydrogen-bond acceptors (Lipinski definition) is 4. The van der Waals surface area contributed by atoms with E-state index in [0.29, 0.717) is 16.4 Å². The molecule has 0 atom stereocenters. The minimum Gasteiger partial charge on any atom is -0.375 e. The highest BCUT2D eigenvalue weighted by molar-refractivity contribution is 7.18. The van der Waals surface area contributed by atoms with E-state index in [1.165, 1.54) is 23.6 Å². The number of nitrogens with zero attached hydrogens (tertiary/aromatic N) is 2. The van der Waals surface area contributed by atoms with E-state index < -0.39 is 11.6 Å². The van der Waals surface area contributed by atoms with Gasteiger partial charge in [0.25, 0.3) is 0 Å². The molecule has 0 aromatic carbocycles. The molecule has 0 saturated heterocycles. The molecule has 0 aliphatic carbocycles. The van der Waals surface area contributed by atoms with E-state index in [1.54, 1.807) is 13.0 Å². The van der Waals surface area contributed by atoms with E-state index in [0.717, 1.165) is 18.7 Å². The molecule has 7 heteroatoms. The molecule has 0 radical (unpaired) electrons. The van der Waals surface area contributed by atoms with Crippen LogP contribution in [0.4, 0.5) is 18.3 Å². The van der Waals surface area contributed by atoms with Crippen molar-refractivity contribution in [3.05, 3.63) is 29.7 Å². The number of aromatic nitrogens is 2. The first-order chi connectivity index (χ1) is 9.13. The van der Waals surface area contributed by atoms with Gasteiger partial charge in [-0.15, -0.1) is 0 Å². The van der Waals surface area contributed by atoms with Crippen LogP contribution in [0.2, 0.25) is 0 Å². The number of rotatable bonds is 2. The second-order valence-electron chi connectivity index (χ2n) is 5.02. The van der Waals surface area contributed by atoms with Crippen LogP contribution in [0.3, 0.4) is 0 Å². The van der Waals surface area contributed by atoms with Gasteiger partial charge in [-0.25, -0.2) is 4.98 Å². The zero-order valence-electron chi connectivity index (χ0n) is 11.2. The smallest absolute Gasteiger partial charge is 0.375 e. The Morgan fingerprint density at radius 1 is 1.25 bits per heavy atom. The summed E-state index contributed by atoms with van der Waals surface area (Å²) in [6.45, 7) is 4.01. The zero-order valence-corrected chi connectivity index (χ0v) is 12.1. The van der Waals surface area contributed by atoms with Gasteiger partial charge in [0, 0.05) is 6.20 Å². The predicted molar refractivity (Wildman–Crippen MR) is 73.6 cm³/mol. The van der Waals surface area contributed by atoms with E-state index >= 15 is 0 Å². The summed E-state index contributed by atoms with van der Waals surface area (Å²) in [7, 11) is 0. The van der Waals surface area contributed by atoms with E-state index in [2.05, 4.69) is 9.97 Å². The molecule has 20 heavy (non-hydrogen) atoms. The maximum absolute atomic E-state index is 13.1. The van der Waals surface area contributed by atoms with E-state index in [4.69, 9.17) is 5.73 Å². The number of nitrogens with two attached hydrogens (primary N) is 1. The lowest BCUT2D eigenvalue weighted by Gasteiger charge is -2.27. The summed E-state index contributed by atoms with van der Waals surface area (Å²) in [5.41, 5.74) is 4.95. The van der Waals surface area contributed by atoms with Gasteiger partial charge in [-0.2, -0.15) is 13.2 Å². The summed E-state index contributed by atoms with van der Waals surface area (Å²) in [4.78, 5) is 8.72. The number of nitrogen functional groups attached to an aromatic ring is 1. The normalized spacial score (nSPS) is 12.7. The van der Waals surface area contributed by atoms with Crippen molar-refractivity contribution in [3.63, 3.8) is 0 Å². The van der Waals surface area contributed by atoms with E-state index in [1.807, 2.05) is 0 Å². The zero-order chi connectivity index (χ0) is 15.1. The second kappa shape index (κ2) is 4.73. The van der Waals surface area contributed by atoms with Gasteiger partial charge in [-0.1, -0.05) is 11.3 Å². The molecule has 3 nitrogen and oxygen atoms in total. The van der Waals surface area contributed by atoms with Crippen molar-refractivity contribution >= 4 is 16.5 Å². The van der Waals surface area contributed by atoms with Crippen molar-refractivity contribution in [1.29, 1.82) is 0 Å². The summed E-state index contributed by atoms with van der Waals surface area (Å²) < 4.78 is 39.2. The molecule has 2 aromatic rings. The van der Waals surface area contributed by atoms with Gasteiger partial charge < -0.3 is 5.73 Å². The maximum atomic E-state index is 13.1. The predicted octanol–water partition coefficient (Wildman–Crippen LogP) is 3.94. The molecule has 0 bridgehead atoms. The molecule has 0 aliphatic heterocycles. The third kappa shape index (κ3) is 2.49. The molecule has 0 aliphatic rings. The molecular formula is C13H14F3N3S. The first kappa shape index (κ1) is 14.8. The van der Waals surface area contributed by atoms with Gasteiger partial charge in [-0.05, 0) is 38.5 Å². The minimum atomic E-state index is -4.36. The van der Waals surface area contributed by atoms with Gasteiger partial charge in [0.15, 0.2) is 5.13 Å². The van der Waals surface area contributed by atoms with Gasteiger partial charge >= 0.3 is 6.18 Å². The highest BCUT2D eigenvalue weighted by Crippen LogP contribution is 2.41. The Labute approximate surface area is 118 Å². The Morgan fingerprint density at radius 2 is 1.90 bits per heavy atom. The number of aryl methyl sites for hydroxylation is 1. The highest BCUT2D eigenvalue weighted by Gasteiger charge is 2.49. The Morgan fingerprint density at radius 3 is 2.40 bits per heavy atom. The van der Waals surface area contributed by atoms with Gasteiger partial charge in [-0.3, -0.25) is 4.98 Å². The molecule has 2 rings (SSSR count). The summed E-state index contributed by atoms with van der Waals surface area (Å²) in [6.07, 6.45) is -2.98. The van der Waals surface area contributed by atoms with Gasteiger partial charge in [0.05, 0.1) is 16.3 Å². The number of hydrogen-bond donors (Lipinski definition) is 1. The number of thiazole rings is 1. The lowest BCUT2D eigenvalue weighted by atomic mass is 9.87. The van der Waals surface area contributed by atoms with Crippen molar-refractivity contribution in [2.24, 2.45) is 0 Å². The molecule has 0 spiro atoms. The van der Waals surface area contributed by atoms with Crippen LogP contribution in [0.25, 0.3) is 10.4 Å². The van der Waals surface area contributed by atoms with Crippen LogP contribution in [0.15, 0.2) is 18.3 Å². The molecule has 2 heterocycles. The number of pyridine rings is 1. The SMILES string of the molecule is Cc1nc(N)sc1-c1ccnc(C(C)(C)C(F)(F)F)c1. The van der Waals surface area contributed by atoms with Crippen LogP contribution in [0.5, 0.6) is 0 Å². The molecule has 0 saturated carbocycles. The molecule has 2 aromatic heterocycles. The summed E-state index contributed by atoms with van der Waals surface area (Å²) >= 11 is 1.25. The fraction of sp³-hybridized carbons (Fsp3) is 0.385. The summed E-state index contributed by atoms with van der Waals surface area (Å²) in [5.74, 6) is 0. The molecule has 0 amide bonds. The van der Waals surface area contributed by atoms with Crippen LogP contribution < -0.4 is 5.73 Å². The van der Waals surface area contributed by atoms with Crippen molar-refractivity contribution in [1.82, 2.24) is 9.97 Å². The van der Waals surface area contributed by atoms with Crippen molar-refractivity contribution in [2.75, 3.05) is 5.73 Å². The first-order valence-electron chi connectivity index (χ1n) is 5.89. The second-order valence-corrected chi connectivity index (χ2v) is 6.05. The monoisotopic (exact) mass is 301 g/mol.